The molecule has 31 heavy (non-hydrogen) atoms. The summed E-state index contributed by atoms with van der Waals surface area (Å²) in [5.74, 6) is -1.76. The molecule has 3 rings (SSSR count). The van der Waals surface area contributed by atoms with Crippen LogP contribution in [0.4, 0.5) is 4.39 Å². The SMILES string of the molecule is C[C@H](NC(=O)C1CCCN(S(=O)(=O)c2ccc(F)cc2)C1)C(=O)NCc1ccccc1. The first kappa shape index (κ1) is 22.9. The van der Waals surface area contributed by atoms with Gasteiger partial charge in [0.1, 0.15) is 11.9 Å². The Bertz CT molecular complexity index is 1010. The Kier molecular flexibility index (Phi) is 7.40. The van der Waals surface area contributed by atoms with E-state index in [0.717, 1.165) is 17.7 Å². The Morgan fingerprint density at radius 2 is 1.81 bits per heavy atom. The third-order valence-corrected chi connectivity index (χ3v) is 7.15. The van der Waals surface area contributed by atoms with E-state index >= 15 is 0 Å². The number of halogens is 1. The minimum Gasteiger partial charge on any atom is -0.350 e. The van der Waals surface area contributed by atoms with Crippen molar-refractivity contribution in [1.29, 1.82) is 0 Å². The van der Waals surface area contributed by atoms with Crippen molar-refractivity contribution in [3.05, 3.63) is 66.0 Å². The molecule has 2 atom stereocenters. The summed E-state index contributed by atoms with van der Waals surface area (Å²) in [5.41, 5.74) is 0.947. The maximum Gasteiger partial charge on any atom is 0.243 e. The van der Waals surface area contributed by atoms with Gasteiger partial charge in [-0.05, 0) is 49.6 Å². The van der Waals surface area contributed by atoms with Gasteiger partial charge in [-0.25, -0.2) is 12.8 Å². The average Bonchev–Trinajstić information content (AvgIpc) is 2.78. The van der Waals surface area contributed by atoms with Gasteiger partial charge in [-0.15, -0.1) is 0 Å². The minimum atomic E-state index is -3.82. The molecular formula is C22H26FN3O4S. The van der Waals surface area contributed by atoms with Crippen molar-refractivity contribution in [2.75, 3.05) is 13.1 Å². The van der Waals surface area contributed by atoms with Gasteiger partial charge < -0.3 is 10.6 Å². The standard InChI is InChI=1S/C22H26FN3O4S/c1-16(21(27)24-14-17-6-3-2-4-7-17)25-22(28)18-8-5-13-26(15-18)31(29,30)20-11-9-19(23)10-12-20/h2-4,6-7,9-12,16,18H,5,8,13-15H2,1H3,(H,24,27)(H,25,28)/t16-,18?/m0/s1. The maximum atomic E-state index is 13.1. The number of nitrogens with one attached hydrogen (secondary N) is 2. The summed E-state index contributed by atoms with van der Waals surface area (Å²) in [6.45, 7) is 2.25. The quantitative estimate of drug-likeness (QED) is 0.679. The number of nitrogens with zero attached hydrogens (tertiary/aromatic N) is 1. The van der Waals surface area contributed by atoms with Gasteiger partial charge in [0, 0.05) is 19.6 Å². The van der Waals surface area contributed by atoms with Crippen molar-refractivity contribution in [2.45, 2.75) is 37.2 Å². The van der Waals surface area contributed by atoms with Crippen LogP contribution in [-0.2, 0) is 26.2 Å². The fourth-order valence-corrected chi connectivity index (χ4v) is 4.99. The van der Waals surface area contributed by atoms with Gasteiger partial charge in [0.2, 0.25) is 21.8 Å². The lowest BCUT2D eigenvalue weighted by molar-refractivity contribution is -0.131. The lowest BCUT2D eigenvalue weighted by atomic mass is 9.98. The molecule has 0 saturated carbocycles. The Morgan fingerprint density at radius 3 is 2.48 bits per heavy atom. The Labute approximate surface area is 181 Å². The van der Waals surface area contributed by atoms with Crippen LogP contribution in [0.3, 0.4) is 0 Å². The first-order valence-electron chi connectivity index (χ1n) is 10.1. The highest BCUT2D eigenvalue weighted by Crippen LogP contribution is 2.24. The molecule has 0 radical (unpaired) electrons. The first-order chi connectivity index (χ1) is 14.8. The van der Waals surface area contributed by atoms with Gasteiger partial charge in [0.05, 0.1) is 10.8 Å². The molecule has 1 aliphatic rings. The van der Waals surface area contributed by atoms with E-state index in [4.69, 9.17) is 0 Å². The van der Waals surface area contributed by atoms with E-state index in [1.807, 2.05) is 30.3 Å². The molecule has 1 fully saturated rings. The van der Waals surface area contributed by atoms with Crippen LogP contribution in [0.1, 0.15) is 25.3 Å². The number of carbonyl (C=O) groups is 2. The highest BCUT2D eigenvalue weighted by atomic mass is 32.2. The Hall–Kier alpha value is -2.78. The highest BCUT2D eigenvalue weighted by molar-refractivity contribution is 7.89. The molecule has 2 amide bonds. The molecule has 2 aromatic carbocycles. The lowest BCUT2D eigenvalue weighted by Crippen LogP contribution is -2.50. The van der Waals surface area contributed by atoms with Crippen molar-refractivity contribution in [3.8, 4) is 0 Å². The van der Waals surface area contributed by atoms with E-state index in [2.05, 4.69) is 10.6 Å². The Balaban J connectivity index is 1.56. The predicted molar refractivity (Wildman–Crippen MR) is 114 cm³/mol. The van der Waals surface area contributed by atoms with E-state index in [-0.39, 0.29) is 29.8 Å². The van der Waals surface area contributed by atoms with E-state index in [9.17, 15) is 22.4 Å². The largest absolute Gasteiger partial charge is 0.350 e. The van der Waals surface area contributed by atoms with Crippen LogP contribution in [-0.4, -0.2) is 43.7 Å². The summed E-state index contributed by atoms with van der Waals surface area (Å²) in [7, 11) is -3.82. The van der Waals surface area contributed by atoms with Gasteiger partial charge >= 0.3 is 0 Å². The zero-order valence-electron chi connectivity index (χ0n) is 17.3. The molecule has 2 aromatic rings. The third kappa shape index (κ3) is 5.89. The van der Waals surface area contributed by atoms with Gasteiger partial charge in [-0.1, -0.05) is 30.3 Å². The van der Waals surface area contributed by atoms with Crippen molar-refractivity contribution in [3.63, 3.8) is 0 Å². The summed E-state index contributed by atoms with van der Waals surface area (Å²) in [6, 6.07) is 13.3. The van der Waals surface area contributed by atoms with Crippen LogP contribution in [0, 0.1) is 11.7 Å². The first-order valence-corrected chi connectivity index (χ1v) is 11.6. The van der Waals surface area contributed by atoms with Crippen LogP contribution in [0.25, 0.3) is 0 Å². The number of amides is 2. The highest BCUT2D eigenvalue weighted by Gasteiger charge is 2.34. The summed E-state index contributed by atoms with van der Waals surface area (Å²) < 4.78 is 40.0. The number of carbonyl (C=O) groups excluding carboxylic acids is 2. The zero-order valence-corrected chi connectivity index (χ0v) is 18.1. The summed E-state index contributed by atoms with van der Waals surface area (Å²) in [6.07, 6.45) is 1.05. The van der Waals surface area contributed by atoms with E-state index < -0.39 is 27.8 Å². The van der Waals surface area contributed by atoms with Gasteiger partial charge in [-0.2, -0.15) is 4.31 Å². The number of sulfonamides is 1. The van der Waals surface area contributed by atoms with Gasteiger partial charge in [0.15, 0.2) is 0 Å². The number of hydrogen-bond acceptors (Lipinski definition) is 4. The molecule has 1 unspecified atom stereocenters. The second kappa shape index (κ2) is 10.0. The third-order valence-electron chi connectivity index (χ3n) is 5.27. The molecule has 1 saturated heterocycles. The van der Waals surface area contributed by atoms with Crippen LogP contribution >= 0.6 is 0 Å². The number of rotatable bonds is 7. The van der Waals surface area contributed by atoms with Crippen LogP contribution in [0.5, 0.6) is 0 Å². The van der Waals surface area contributed by atoms with Gasteiger partial charge in [-0.3, -0.25) is 9.59 Å². The van der Waals surface area contributed by atoms with Crippen molar-refractivity contribution in [2.24, 2.45) is 5.92 Å². The van der Waals surface area contributed by atoms with E-state index in [1.165, 1.54) is 16.4 Å². The topological polar surface area (TPSA) is 95.6 Å². The second-order valence-electron chi connectivity index (χ2n) is 7.59. The maximum absolute atomic E-state index is 13.1. The van der Waals surface area contributed by atoms with E-state index in [0.29, 0.717) is 19.4 Å². The lowest BCUT2D eigenvalue weighted by Gasteiger charge is -2.31. The number of hydrogen-bond donors (Lipinski definition) is 2. The molecule has 2 N–H and O–H groups in total. The van der Waals surface area contributed by atoms with E-state index in [1.54, 1.807) is 6.92 Å². The molecule has 0 bridgehead atoms. The molecule has 7 nitrogen and oxygen atoms in total. The Morgan fingerprint density at radius 1 is 1.13 bits per heavy atom. The molecular weight excluding hydrogens is 421 g/mol. The minimum absolute atomic E-state index is 0.0105. The van der Waals surface area contributed by atoms with Crippen LogP contribution in [0.15, 0.2) is 59.5 Å². The summed E-state index contributed by atoms with van der Waals surface area (Å²) in [4.78, 5) is 25.0. The van der Waals surface area contributed by atoms with Crippen LogP contribution in [0.2, 0.25) is 0 Å². The molecule has 1 heterocycles. The summed E-state index contributed by atoms with van der Waals surface area (Å²) >= 11 is 0. The number of piperidine rings is 1. The smallest absolute Gasteiger partial charge is 0.243 e. The number of benzene rings is 2. The molecule has 0 aliphatic carbocycles. The van der Waals surface area contributed by atoms with Crippen molar-refractivity contribution in [1.82, 2.24) is 14.9 Å². The fourth-order valence-electron chi connectivity index (χ4n) is 3.47. The van der Waals surface area contributed by atoms with Crippen molar-refractivity contribution >= 4 is 21.8 Å². The second-order valence-corrected chi connectivity index (χ2v) is 9.53. The molecule has 0 aromatic heterocycles. The molecule has 9 heteroatoms. The fraction of sp³-hybridized carbons (Fsp3) is 0.364. The predicted octanol–water partition coefficient (Wildman–Crippen LogP) is 2.05. The average molecular weight is 448 g/mol. The van der Waals surface area contributed by atoms with Crippen LogP contribution < -0.4 is 10.6 Å². The molecule has 166 valence electrons. The van der Waals surface area contributed by atoms with Crippen molar-refractivity contribution < 1.29 is 22.4 Å². The zero-order chi connectivity index (χ0) is 22.4. The van der Waals surface area contributed by atoms with Gasteiger partial charge in [0.25, 0.3) is 0 Å². The normalized spacial score (nSPS) is 18.2. The summed E-state index contributed by atoms with van der Waals surface area (Å²) in [5, 5.41) is 5.46. The molecule has 1 aliphatic heterocycles. The monoisotopic (exact) mass is 447 g/mol. The molecule has 0 spiro atoms.